The topological polar surface area (TPSA) is 132 Å². The Labute approximate surface area is 223 Å². The van der Waals surface area contributed by atoms with Crippen LogP contribution in [0.3, 0.4) is 0 Å². The Morgan fingerprint density at radius 1 is 1.00 bits per heavy atom. The lowest BCUT2D eigenvalue weighted by molar-refractivity contribution is 0.0523. The summed E-state index contributed by atoms with van der Waals surface area (Å²) in [6.45, 7) is 2.05. The van der Waals surface area contributed by atoms with Crippen LogP contribution < -0.4 is 25.3 Å². The first-order valence-corrected chi connectivity index (χ1v) is 12.0. The Morgan fingerprint density at radius 2 is 1.72 bits per heavy atom. The molecule has 0 spiro atoms. The number of carbonyl (C=O) groups is 2. The van der Waals surface area contributed by atoms with Crippen LogP contribution in [0.4, 0.5) is 0 Å². The van der Waals surface area contributed by atoms with Crippen molar-refractivity contribution in [1.82, 2.24) is 14.0 Å². The van der Waals surface area contributed by atoms with Crippen LogP contribution in [0.1, 0.15) is 27.6 Å². The monoisotopic (exact) mass is 536 g/mol. The molecular formula is C27H28N4O8. The average molecular weight is 537 g/mol. The van der Waals surface area contributed by atoms with Gasteiger partial charge in [0.05, 0.1) is 39.9 Å². The summed E-state index contributed by atoms with van der Waals surface area (Å²) in [4.78, 5) is 49.0. The lowest BCUT2D eigenvalue weighted by Gasteiger charge is -2.15. The third kappa shape index (κ3) is 5.18. The lowest BCUT2D eigenvalue weighted by Crippen LogP contribution is -2.33. The van der Waals surface area contributed by atoms with E-state index in [1.165, 1.54) is 55.6 Å². The molecule has 4 rings (SSSR count). The largest absolute Gasteiger partial charge is 0.493 e. The van der Waals surface area contributed by atoms with Gasteiger partial charge in [-0.3, -0.25) is 14.0 Å². The molecule has 0 aliphatic rings. The highest BCUT2D eigenvalue weighted by Gasteiger charge is 2.22. The van der Waals surface area contributed by atoms with Crippen molar-refractivity contribution in [2.45, 2.75) is 13.5 Å². The highest BCUT2D eigenvalue weighted by atomic mass is 16.5. The minimum atomic E-state index is -0.750. The summed E-state index contributed by atoms with van der Waals surface area (Å²) in [5.41, 5.74) is 0.221. The molecule has 0 bridgehead atoms. The zero-order valence-electron chi connectivity index (χ0n) is 22.2. The van der Waals surface area contributed by atoms with Gasteiger partial charge in [-0.15, -0.1) is 0 Å². The molecule has 3 aromatic heterocycles. The number of hydrogen-bond donors (Lipinski definition) is 0. The molecule has 39 heavy (non-hydrogen) atoms. The molecule has 0 radical (unpaired) electrons. The zero-order chi connectivity index (χ0) is 28.1. The number of pyridine rings is 2. The number of ether oxygens (including phenoxy) is 5. The van der Waals surface area contributed by atoms with Gasteiger partial charge in [-0.1, -0.05) is 6.07 Å². The van der Waals surface area contributed by atoms with Gasteiger partial charge in [0.15, 0.2) is 17.0 Å². The van der Waals surface area contributed by atoms with Crippen molar-refractivity contribution in [3.63, 3.8) is 0 Å². The normalized spacial score (nSPS) is 11.6. The smallest absolute Gasteiger partial charge is 0.341 e. The van der Waals surface area contributed by atoms with Crippen LogP contribution in [0.15, 0.2) is 52.4 Å². The quantitative estimate of drug-likeness (QED) is 0.233. The molecule has 12 heteroatoms. The molecule has 0 aliphatic carbocycles. The molecule has 0 fully saturated rings. The number of benzene rings is 1. The van der Waals surface area contributed by atoms with Crippen molar-refractivity contribution < 1.29 is 33.3 Å². The van der Waals surface area contributed by atoms with Crippen molar-refractivity contribution >= 4 is 28.6 Å². The Morgan fingerprint density at radius 3 is 2.33 bits per heavy atom. The van der Waals surface area contributed by atoms with E-state index in [4.69, 9.17) is 23.7 Å². The Bertz CT molecular complexity index is 1660. The Hall–Kier alpha value is -4.71. The summed E-state index contributed by atoms with van der Waals surface area (Å²) in [6.07, 6.45) is 1.58. The van der Waals surface area contributed by atoms with Crippen molar-refractivity contribution in [3.8, 4) is 17.2 Å². The molecule has 0 aliphatic heterocycles. The molecule has 1 amide bonds. The van der Waals surface area contributed by atoms with Crippen molar-refractivity contribution in [2.24, 2.45) is 4.99 Å². The summed E-state index contributed by atoms with van der Waals surface area (Å²) in [6, 6.07) is 9.39. The van der Waals surface area contributed by atoms with E-state index in [9.17, 15) is 14.4 Å². The van der Waals surface area contributed by atoms with Gasteiger partial charge < -0.3 is 28.3 Å². The predicted molar refractivity (Wildman–Crippen MR) is 141 cm³/mol. The van der Waals surface area contributed by atoms with Crippen LogP contribution >= 0.6 is 0 Å². The maximum Gasteiger partial charge on any atom is 0.341 e. The van der Waals surface area contributed by atoms with E-state index in [1.54, 1.807) is 31.3 Å². The van der Waals surface area contributed by atoms with Crippen molar-refractivity contribution in [1.29, 1.82) is 0 Å². The number of fused-ring (bicyclic) bond motifs is 2. The van der Waals surface area contributed by atoms with E-state index in [2.05, 4.69) is 9.98 Å². The first kappa shape index (κ1) is 27.3. The second-order valence-corrected chi connectivity index (χ2v) is 8.16. The molecule has 204 valence electrons. The molecule has 0 atom stereocenters. The molecule has 3 heterocycles. The van der Waals surface area contributed by atoms with Gasteiger partial charge >= 0.3 is 5.97 Å². The molecule has 0 saturated carbocycles. The Kier molecular flexibility index (Phi) is 8.25. The predicted octanol–water partition coefficient (Wildman–Crippen LogP) is 2.24. The number of aromatic nitrogens is 3. The summed E-state index contributed by atoms with van der Waals surface area (Å²) in [7, 11) is 5.81. The number of rotatable bonds is 9. The van der Waals surface area contributed by atoms with Gasteiger partial charge in [0.2, 0.25) is 5.75 Å². The minimum Gasteiger partial charge on any atom is -0.493 e. The average Bonchev–Trinajstić information content (AvgIpc) is 2.95. The van der Waals surface area contributed by atoms with Crippen LogP contribution in [0.25, 0.3) is 16.7 Å². The van der Waals surface area contributed by atoms with E-state index >= 15 is 0 Å². The number of hydrogen-bond acceptors (Lipinski definition) is 9. The first-order chi connectivity index (χ1) is 18.9. The first-order valence-electron chi connectivity index (χ1n) is 12.0. The number of esters is 1. The molecular weight excluding hydrogens is 508 g/mol. The fourth-order valence-electron chi connectivity index (χ4n) is 4.12. The molecule has 0 unspecified atom stereocenters. The third-order valence-electron chi connectivity index (χ3n) is 5.92. The van der Waals surface area contributed by atoms with E-state index in [0.717, 1.165) is 0 Å². The van der Waals surface area contributed by atoms with Crippen LogP contribution in [0, 0.1) is 0 Å². The second kappa shape index (κ2) is 11.8. The summed E-state index contributed by atoms with van der Waals surface area (Å²) < 4.78 is 29.5. The second-order valence-electron chi connectivity index (χ2n) is 8.16. The molecule has 1 aromatic carbocycles. The summed E-state index contributed by atoms with van der Waals surface area (Å²) in [5, 5.41) is 0.150. The molecule has 0 N–H and O–H groups in total. The van der Waals surface area contributed by atoms with Crippen LogP contribution in [0.2, 0.25) is 0 Å². The fourth-order valence-corrected chi connectivity index (χ4v) is 4.12. The summed E-state index contributed by atoms with van der Waals surface area (Å²) >= 11 is 0. The highest BCUT2D eigenvalue weighted by molar-refractivity contribution is 5.98. The number of amides is 1. The molecule has 4 aromatic rings. The zero-order valence-corrected chi connectivity index (χ0v) is 22.2. The van der Waals surface area contributed by atoms with Gasteiger partial charge in [0, 0.05) is 25.4 Å². The van der Waals surface area contributed by atoms with Crippen molar-refractivity contribution in [2.75, 3.05) is 41.7 Å². The van der Waals surface area contributed by atoms with Gasteiger partial charge in [0.25, 0.3) is 11.5 Å². The number of nitrogens with zero attached hydrogens (tertiary/aromatic N) is 4. The highest BCUT2D eigenvalue weighted by Crippen LogP contribution is 2.38. The Balaban J connectivity index is 2.08. The van der Waals surface area contributed by atoms with Gasteiger partial charge in [-0.05, 0) is 37.3 Å². The van der Waals surface area contributed by atoms with E-state index in [0.29, 0.717) is 11.4 Å². The maximum absolute atomic E-state index is 13.5. The van der Waals surface area contributed by atoms with E-state index in [-0.39, 0.29) is 58.9 Å². The maximum atomic E-state index is 13.5. The summed E-state index contributed by atoms with van der Waals surface area (Å²) in [5.74, 6) is -0.635. The van der Waals surface area contributed by atoms with Gasteiger partial charge in [-0.25, -0.2) is 9.78 Å². The van der Waals surface area contributed by atoms with Crippen LogP contribution in [-0.2, 0) is 16.0 Å². The minimum absolute atomic E-state index is 0.0380. The molecule has 0 saturated heterocycles. The van der Waals surface area contributed by atoms with Gasteiger partial charge in [-0.2, -0.15) is 4.99 Å². The van der Waals surface area contributed by atoms with Crippen molar-refractivity contribution in [3.05, 3.63) is 69.6 Å². The SMILES string of the molecule is CCOC(=O)c1cc2c(=O)n3ccccc3nc2n(CCOC)c1=NC(=O)c1cc(OC)c(OC)c(OC)c1. The standard InChI is InChI=1S/C27H28N4O8/c1-6-39-27(34)18-15-17-23(28-21-9-7-8-10-30(21)26(17)33)31(11-12-35-2)24(18)29-25(32)16-13-19(36-3)22(38-5)20(14-16)37-4/h7-10,13-15H,6,11-12H2,1-5H3. The number of methoxy groups -OCH3 is 4. The van der Waals surface area contributed by atoms with Gasteiger partial charge in [0.1, 0.15) is 16.9 Å². The number of carbonyl (C=O) groups excluding carboxylic acids is 2. The lowest BCUT2D eigenvalue weighted by atomic mass is 10.1. The fraction of sp³-hybridized carbons (Fsp3) is 0.296. The van der Waals surface area contributed by atoms with E-state index < -0.39 is 17.4 Å². The third-order valence-corrected chi connectivity index (χ3v) is 5.92. The van der Waals surface area contributed by atoms with E-state index in [1.807, 2.05) is 0 Å². The van der Waals surface area contributed by atoms with Crippen LogP contribution in [0.5, 0.6) is 17.2 Å². The van der Waals surface area contributed by atoms with Crippen LogP contribution in [-0.4, -0.2) is 67.5 Å². The molecule has 12 nitrogen and oxygen atoms in total.